The van der Waals surface area contributed by atoms with Gasteiger partial charge in [0.1, 0.15) is 5.82 Å². The summed E-state index contributed by atoms with van der Waals surface area (Å²) >= 11 is 0. The third-order valence-corrected chi connectivity index (χ3v) is 4.20. The summed E-state index contributed by atoms with van der Waals surface area (Å²) in [5, 5.41) is 2.77. The molecule has 1 fully saturated rings. The zero-order valence-electron chi connectivity index (χ0n) is 14.0. The third kappa shape index (κ3) is 3.96. The van der Waals surface area contributed by atoms with E-state index in [9.17, 15) is 14.0 Å². The molecule has 5 nitrogen and oxygen atoms in total. The van der Waals surface area contributed by atoms with E-state index in [1.807, 2.05) is 24.3 Å². The van der Waals surface area contributed by atoms with Gasteiger partial charge in [-0.1, -0.05) is 18.2 Å². The van der Waals surface area contributed by atoms with Gasteiger partial charge in [-0.25, -0.2) is 4.39 Å². The van der Waals surface area contributed by atoms with E-state index in [4.69, 9.17) is 0 Å². The van der Waals surface area contributed by atoms with Crippen LogP contribution in [0.1, 0.15) is 17.3 Å². The van der Waals surface area contributed by atoms with Crippen LogP contribution in [0.4, 0.5) is 15.8 Å². The number of hydrogen-bond donors (Lipinski definition) is 1. The molecule has 2 amide bonds. The van der Waals surface area contributed by atoms with Crippen molar-refractivity contribution in [1.82, 2.24) is 4.90 Å². The Morgan fingerprint density at radius 2 is 1.72 bits per heavy atom. The third-order valence-electron chi connectivity index (χ3n) is 4.20. The average Bonchev–Trinajstić information content (AvgIpc) is 2.61. The standard InChI is InChI=1S/C19H20FN3O2/c1-14(24)21-15-5-4-6-16(13-15)22-9-11-23(12-10-22)19(25)17-7-2-3-8-18(17)20/h2-8,13H,9-12H2,1H3,(H,21,24). The van der Waals surface area contributed by atoms with Crippen molar-refractivity contribution in [3.8, 4) is 0 Å². The van der Waals surface area contributed by atoms with Gasteiger partial charge in [0.05, 0.1) is 5.56 Å². The minimum absolute atomic E-state index is 0.113. The smallest absolute Gasteiger partial charge is 0.256 e. The molecule has 3 rings (SSSR count). The number of anilines is 2. The number of rotatable bonds is 3. The number of hydrogen-bond acceptors (Lipinski definition) is 3. The normalized spacial score (nSPS) is 14.3. The number of benzene rings is 2. The average molecular weight is 341 g/mol. The number of amides is 2. The first-order valence-electron chi connectivity index (χ1n) is 8.21. The van der Waals surface area contributed by atoms with E-state index in [1.54, 1.807) is 17.0 Å². The molecule has 130 valence electrons. The number of nitrogens with one attached hydrogen (secondary N) is 1. The molecule has 0 atom stereocenters. The molecular weight excluding hydrogens is 321 g/mol. The molecule has 25 heavy (non-hydrogen) atoms. The fourth-order valence-electron chi connectivity index (χ4n) is 2.96. The Morgan fingerprint density at radius 3 is 2.40 bits per heavy atom. The lowest BCUT2D eigenvalue weighted by atomic mass is 10.1. The first-order chi connectivity index (χ1) is 12.0. The summed E-state index contributed by atoms with van der Waals surface area (Å²) < 4.78 is 13.8. The number of carbonyl (C=O) groups is 2. The van der Waals surface area contributed by atoms with Crippen LogP contribution in [0.25, 0.3) is 0 Å². The summed E-state index contributed by atoms with van der Waals surface area (Å²) in [6.07, 6.45) is 0. The number of nitrogens with zero attached hydrogens (tertiary/aromatic N) is 2. The summed E-state index contributed by atoms with van der Waals surface area (Å²) in [4.78, 5) is 27.5. The van der Waals surface area contributed by atoms with Gasteiger partial charge in [-0.2, -0.15) is 0 Å². The lowest BCUT2D eigenvalue weighted by Gasteiger charge is -2.36. The summed E-state index contributed by atoms with van der Waals surface area (Å²) in [6, 6.07) is 13.7. The highest BCUT2D eigenvalue weighted by molar-refractivity contribution is 5.94. The van der Waals surface area contributed by atoms with Gasteiger partial charge >= 0.3 is 0 Å². The van der Waals surface area contributed by atoms with Crippen molar-refractivity contribution < 1.29 is 14.0 Å². The molecule has 1 heterocycles. The Bertz CT molecular complexity index is 786. The number of carbonyl (C=O) groups excluding carboxylic acids is 2. The van der Waals surface area contributed by atoms with Crippen LogP contribution in [0, 0.1) is 5.82 Å². The minimum atomic E-state index is -0.488. The maximum Gasteiger partial charge on any atom is 0.256 e. The van der Waals surface area contributed by atoms with E-state index in [-0.39, 0.29) is 17.4 Å². The molecular formula is C19H20FN3O2. The quantitative estimate of drug-likeness (QED) is 0.934. The molecule has 1 aliphatic heterocycles. The van der Waals surface area contributed by atoms with Crippen molar-refractivity contribution >= 4 is 23.2 Å². The zero-order chi connectivity index (χ0) is 17.8. The van der Waals surface area contributed by atoms with Crippen molar-refractivity contribution in [2.45, 2.75) is 6.92 Å². The van der Waals surface area contributed by atoms with Crippen molar-refractivity contribution in [2.24, 2.45) is 0 Å². The van der Waals surface area contributed by atoms with Gasteiger partial charge in [0, 0.05) is 44.5 Å². The van der Waals surface area contributed by atoms with Gasteiger partial charge in [0.25, 0.3) is 5.91 Å². The van der Waals surface area contributed by atoms with E-state index < -0.39 is 5.82 Å². The Hall–Kier alpha value is -2.89. The SMILES string of the molecule is CC(=O)Nc1cccc(N2CCN(C(=O)c3ccccc3F)CC2)c1. The molecule has 0 saturated carbocycles. The van der Waals surface area contributed by atoms with Crippen LogP contribution < -0.4 is 10.2 Å². The van der Waals surface area contributed by atoms with E-state index in [1.165, 1.54) is 19.1 Å². The molecule has 1 aliphatic rings. The van der Waals surface area contributed by atoms with Crippen LogP contribution in [0.15, 0.2) is 48.5 Å². The monoisotopic (exact) mass is 341 g/mol. The van der Waals surface area contributed by atoms with Crippen LogP contribution >= 0.6 is 0 Å². The summed E-state index contributed by atoms with van der Waals surface area (Å²) in [5.74, 6) is -0.875. The summed E-state index contributed by atoms with van der Waals surface area (Å²) in [5.41, 5.74) is 1.85. The van der Waals surface area contributed by atoms with Gasteiger partial charge in [-0.15, -0.1) is 0 Å². The molecule has 0 spiro atoms. The van der Waals surface area contributed by atoms with Crippen molar-refractivity contribution in [3.05, 3.63) is 59.9 Å². The molecule has 2 aromatic rings. The maximum absolute atomic E-state index is 13.8. The van der Waals surface area contributed by atoms with E-state index in [2.05, 4.69) is 10.2 Å². The zero-order valence-corrected chi connectivity index (χ0v) is 14.0. The molecule has 0 radical (unpaired) electrons. The lowest BCUT2D eigenvalue weighted by Crippen LogP contribution is -2.49. The molecule has 0 aromatic heterocycles. The predicted octanol–water partition coefficient (Wildman–Crippen LogP) is 2.75. The maximum atomic E-state index is 13.8. The van der Waals surface area contributed by atoms with Gasteiger partial charge in [0.15, 0.2) is 0 Å². The number of piperazine rings is 1. The molecule has 0 bridgehead atoms. The highest BCUT2D eigenvalue weighted by Gasteiger charge is 2.24. The molecule has 6 heteroatoms. The highest BCUT2D eigenvalue weighted by atomic mass is 19.1. The Morgan fingerprint density at radius 1 is 1.00 bits per heavy atom. The van der Waals surface area contributed by atoms with Crippen LogP contribution in [0.2, 0.25) is 0 Å². The Kier molecular flexibility index (Phi) is 4.97. The van der Waals surface area contributed by atoms with Crippen LogP contribution in [-0.4, -0.2) is 42.9 Å². The Balaban J connectivity index is 1.65. The largest absolute Gasteiger partial charge is 0.368 e. The van der Waals surface area contributed by atoms with Crippen molar-refractivity contribution in [3.63, 3.8) is 0 Å². The van der Waals surface area contributed by atoms with E-state index in [0.717, 1.165) is 11.4 Å². The van der Waals surface area contributed by atoms with E-state index in [0.29, 0.717) is 26.2 Å². The van der Waals surface area contributed by atoms with Crippen LogP contribution in [0.5, 0.6) is 0 Å². The molecule has 0 aliphatic carbocycles. The van der Waals surface area contributed by atoms with Crippen LogP contribution in [-0.2, 0) is 4.79 Å². The van der Waals surface area contributed by atoms with Gasteiger partial charge in [-0.3, -0.25) is 9.59 Å². The topological polar surface area (TPSA) is 52.7 Å². The van der Waals surface area contributed by atoms with Crippen molar-refractivity contribution in [2.75, 3.05) is 36.4 Å². The molecule has 1 saturated heterocycles. The van der Waals surface area contributed by atoms with E-state index >= 15 is 0 Å². The second kappa shape index (κ2) is 7.34. The molecule has 2 aromatic carbocycles. The fourth-order valence-corrected chi connectivity index (χ4v) is 2.96. The molecule has 1 N–H and O–H groups in total. The Labute approximate surface area is 146 Å². The predicted molar refractivity (Wildman–Crippen MR) is 95.3 cm³/mol. The highest BCUT2D eigenvalue weighted by Crippen LogP contribution is 2.21. The first-order valence-corrected chi connectivity index (χ1v) is 8.21. The van der Waals surface area contributed by atoms with Crippen LogP contribution in [0.3, 0.4) is 0 Å². The van der Waals surface area contributed by atoms with Gasteiger partial charge < -0.3 is 15.1 Å². The summed E-state index contributed by atoms with van der Waals surface area (Å²) in [7, 11) is 0. The molecule has 0 unspecified atom stereocenters. The van der Waals surface area contributed by atoms with Crippen molar-refractivity contribution in [1.29, 1.82) is 0 Å². The lowest BCUT2D eigenvalue weighted by molar-refractivity contribution is -0.114. The fraction of sp³-hybridized carbons (Fsp3) is 0.263. The first kappa shape index (κ1) is 17.0. The second-order valence-corrected chi connectivity index (χ2v) is 5.99. The minimum Gasteiger partial charge on any atom is -0.368 e. The van der Waals surface area contributed by atoms with Gasteiger partial charge in [0.2, 0.25) is 5.91 Å². The second-order valence-electron chi connectivity index (χ2n) is 5.99. The summed E-state index contributed by atoms with van der Waals surface area (Å²) in [6.45, 7) is 3.84. The van der Waals surface area contributed by atoms with Gasteiger partial charge in [-0.05, 0) is 30.3 Å². The number of halogens is 1.